The third-order valence-corrected chi connectivity index (χ3v) is 10.9. The number of anilines is 1. The van der Waals surface area contributed by atoms with Crippen LogP contribution >= 0.6 is 23.2 Å². The highest BCUT2D eigenvalue weighted by molar-refractivity contribution is 7.86. The number of hydrogen-bond donors (Lipinski definition) is 4. The van der Waals surface area contributed by atoms with Crippen molar-refractivity contribution in [3.05, 3.63) is 101 Å². The second-order valence-electron chi connectivity index (χ2n) is 12.1. The number of aromatic hydroxyl groups is 1. The standard InChI is InChI=1S/C36H31Cl2N3O10S2/c37-23-12-16-29(26(38)18-23)50-20-33(42)39-28-15-17-31(52(44,45)46)25-19-32(53(47,48)49)35(36(43)34(25)28)41-40-27-8-4-5-9-30(27)51-24-13-10-22(11-14-24)21-6-2-1-3-7-21/h4-5,8-19,21,43H,1-3,6-7,20H2,(H,39,42)(H,44,45,46)(H,47,48,49). The van der Waals surface area contributed by atoms with E-state index in [0.29, 0.717) is 22.8 Å². The summed E-state index contributed by atoms with van der Waals surface area (Å²) in [6.45, 7) is -0.612. The van der Waals surface area contributed by atoms with Gasteiger partial charge in [0.25, 0.3) is 26.1 Å². The number of carbonyl (C=O) groups excluding carboxylic acids is 1. The maximum absolute atomic E-state index is 13.0. The van der Waals surface area contributed by atoms with Crippen molar-refractivity contribution in [1.29, 1.82) is 0 Å². The van der Waals surface area contributed by atoms with Crippen molar-refractivity contribution in [3.8, 4) is 23.0 Å². The van der Waals surface area contributed by atoms with E-state index in [0.717, 1.165) is 25.0 Å². The molecule has 5 aromatic carbocycles. The van der Waals surface area contributed by atoms with Crippen LogP contribution in [0, 0.1) is 0 Å². The summed E-state index contributed by atoms with van der Waals surface area (Å²) < 4.78 is 81.5. The molecule has 0 atom stereocenters. The lowest BCUT2D eigenvalue weighted by molar-refractivity contribution is -0.118. The van der Waals surface area contributed by atoms with Gasteiger partial charge in [0.05, 0.1) is 16.1 Å². The van der Waals surface area contributed by atoms with E-state index in [2.05, 4.69) is 15.5 Å². The Morgan fingerprint density at radius 1 is 0.811 bits per heavy atom. The quantitative estimate of drug-likeness (QED) is 0.0736. The monoisotopic (exact) mass is 799 g/mol. The van der Waals surface area contributed by atoms with Gasteiger partial charge in [-0.2, -0.15) is 16.8 Å². The number of hydrogen-bond acceptors (Lipinski definition) is 10. The van der Waals surface area contributed by atoms with Gasteiger partial charge in [0.1, 0.15) is 32.7 Å². The zero-order valence-electron chi connectivity index (χ0n) is 27.6. The Bertz CT molecular complexity index is 2450. The highest BCUT2D eigenvalue weighted by atomic mass is 35.5. The summed E-state index contributed by atoms with van der Waals surface area (Å²) in [4.78, 5) is 11.1. The van der Waals surface area contributed by atoms with Gasteiger partial charge >= 0.3 is 0 Å². The average Bonchev–Trinajstić information content (AvgIpc) is 3.11. The van der Waals surface area contributed by atoms with Gasteiger partial charge in [-0.3, -0.25) is 13.9 Å². The molecule has 1 saturated carbocycles. The van der Waals surface area contributed by atoms with Crippen LogP contribution < -0.4 is 14.8 Å². The van der Waals surface area contributed by atoms with E-state index >= 15 is 0 Å². The minimum Gasteiger partial charge on any atom is -0.505 e. The molecule has 0 bridgehead atoms. The van der Waals surface area contributed by atoms with Crippen molar-refractivity contribution in [1.82, 2.24) is 0 Å². The number of fused-ring (bicyclic) bond motifs is 1. The summed E-state index contributed by atoms with van der Waals surface area (Å²) in [6, 6.07) is 21.0. The molecule has 1 aliphatic carbocycles. The van der Waals surface area contributed by atoms with Crippen molar-refractivity contribution in [2.75, 3.05) is 11.9 Å². The molecule has 0 spiro atoms. The summed E-state index contributed by atoms with van der Waals surface area (Å²) in [6.07, 6.45) is 5.90. The van der Waals surface area contributed by atoms with E-state index in [1.807, 2.05) is 24.3 Å². The summed E-state index contributed by atoms with van der Waals surface area (Å²) in [5, 5.41) is 21.5. The number of carbonyl (C=O) groups is 1. The highest BCUT2D eigenvalue weighted by Crippen LogP contribution is 2.47. The van der Waals surface area contributed by atoms with Crippen LogP contribution in [-0.2, 0) is 25.0 Å². The Labute approximate surface area is 314 Å². The number of para-hydroxylation sites is 1. The maximum Gasteiger partial charge on any atom is 0.296 e. The largest absolute Gasteiger partial charge is 0.505 e. The van der Waals surface area contributed by atoms with Gasteiger partial charge in [-0.15, -0.1) is 10.2 Å². The van der Waals surface area contributed by atoms with E-state index in [4.69, 9.17) is 32.7 Å². The van der Waals surface area contributed by atoms with Crippen LogP contribution in [0.25, 0.3) is 10.8 Å². The van der Waals surface area contributed by atoms with Crippen LogP contribution in [0.2, 0.25) is 10.0 Å². The first-order valence-electron chi connectivity index (χ1n) is 16.1. The molecule has 17 heteroatoms. The number of benzene rings is 5. The normalized spacial score (nSPS) is 14.0. The molecule has 1 amide bonds. The minimum atomic E-state index is -5.22. The number of rotatable bonds is 11. The van der Waals surface area contributed by atoms with Crippen LogP contribution in [0.3, 0.4) is 0 Å². The van der Waals surface area contributed by atoms with Gasteiger partial charge in [0, 0.05) is 10.4 Å². The first kappa shape index (κ1) is 38.0. The Hall–Kier alpha value is -4.77. The molecule has 1 aliphatic rings. The van der Waals surface area contributed by atoms with Crippen molar-refractivity contribution >= 4 is 77.2 Å². The predicted molar refractivity (Wildman–Crippen MR) is 199 cm³/mol. The third kappa shape index (κ3) is 8.89. The molecule has 0 unspecified atom stereocenters. The Morgan fingerprint density at radius 3 is 2.19 bits per heavy atom. The number of phenolic OH excluding ortho intramolecular Hbond substituents is 1. The fourth-order valence-electron chi connectivity index (χ4n) is 6.08. The third-order valence-electron chi connectivity index (χ3n) is 8.57. The highest BCUT2D eigenvalue weighted by Gasteiger charge is 2.28. The molecule has 0 aliphatic heterocycles. The van der Waals surface area contributed by atoms with E-state index in [9.17, 15) is 35.8 Å². The first-order valence-corrected chi connectivity index (χ1v) is 19.8. The molecule has 276 valence electrons. The SMILES string of the molecule is O=C(COc1ccc(Cl)cc1Cl)Nc1ccc(S(=O)(=O)O)c2cc(S(=O)(=O)O)c(N=Nc3ccccc3Oc3ccc(C4CCCCC4)cc3)c(O)c12. The number of amides is 1. The molecule has 0 radical (unpaired) electrons. The summed E-state index contributed by atoms with van der Waals surface area (Å²) in [5.41, 5.74) is 0.280. The fraction of sp³-hybridized carbons (Fsp3) is 0.194. The maximum atomic E-state index is 13.0. The molecule has 13 nitrogen and oxygen atoms in total. The molecule has 5 aromatic rings. The number of phenols is 1. The first-order chi connectivity index (χ1) is 25.2. The molecular weight excluding hydrogens is 769 g/mol. The second-order valence-corrected chi connectivity index (χ2v) is 15.8. The Morgan fingerprint density at radius 2 is 1.51 bits per heavy atom. The number of nitrogens with zero attached hydrogens (tertiary/aromatic N) is 2. The van der Waals surface area contributed by atoms with E-state index in [1.165, 1.54) is 49.1 Å². The van der Waals surface area contributed by atoms with Crippen LogP contribution in [0.4, 0.5) is 17.1 Å². The van der Waals surface area contributed by atoms with Gasteiger partial charge in [0.2, 0.25) is 0 Å². The molecular formula is C36H31Cl2N3O10S2. The zero-order valence-corrected chi connectivity index (χ0v) is 30.7. The van der Waals surface area contributed by atoms with Crippen LogP contribution in [0.15, 0.2) is 105 Å². The van der Waals surface area contributed by atoms with Gasteiger partial charge in [-0.05, 0) is 85.0 Å². The van der Waals surface area contributed by atoms with E-state index < -0.39 is 64.8 Å². The van der Waals surface area contributed by atoms with Crippen LogP contribution in [-0.4, -0.2) is 43.6 Å². The zero-order chi connectivity index (χ0) is 37.9. The predicted octanol–water partition coefficient (Wildman–Crippen LogP) is 9.62. The van der Waals surface area contributed by atoms with Crippen molar-refractivity contribution in [3.63, 3.8) is 0 Å². The fourth-order valence-corrected chi connectivity index (χ4v) is 7.87. The van der Waals surface area contributed by atoms with Gasteiger partial charge in [-0.25, -0.2) is 0 Å². The number of halogens is 2. The van der Waals surface area contributed by atoms with E-state index in [-0.39, 0.29) is 27.9 Å². The number of azo groups is 1. The number of ether oxygens (including phenoxy) is 2. The van der Waals surface area contributed by atoms with Crippen LogP contribution in [0.1, 0.15) is 43.6 Å². The van der Waals surface area contributed by atoms with Gasteiger partial charge < -0.3 is 19.9 Å². The second kappa shape index (κ2) is 15.7. The lowest BCUT2D eigenvalue weighted by Crippen LogP contribution is -2.20. The summed E-state index contributed by atoms with van der Waals surface area (Å²) >= 11 is 12.0. The molecule has 53 heavy (non-hydrogen) atoms. The lowest BCUT2D eigenvalue weighted by Gasteiger charge is -2.22. The molecule has 4 N–H and O–H groups in total. The lowest BCUT2D eigenvalue weighted by atomic mass is 9.84. The molecule has 0 aromatic heterocycles. The van der Waals surface area contributed by atoms with Crippen LogP contribution in [0.5, 0.6) is 23.0 Å². The van der Waals surface area contributed by atoms with Crippen molar-refractivity contribution < 1.29 is 45.3 Å². The van der Waals surface area contributed by atoms with Crippen molar-refractivity contribution in [2.24, 2.45) is 10.2 Å². The summed E-state index contributed by atoms with van der Waals surface area (Å²) in [7, 11) is -10.3. The van der Waals surface area contributed by atoms with Gasteiger partial charge in [0.15, 0.2) is 18.1 Å². The Kier molecular flexibility index (Phi) is 11.2. The topological polar surface area (TPSA) is 201 Å². The molecule has 6 rings (SSSR count). The average molecular weight is 801 g/mol. The molecule has 0 heterocycles. The number of nitrogens with one attached hydrogen (secondary N) is 1. The summed E-state index contributed by atoms with van der Waals surface area (Å²) in [5.74, 6) is -0.469. The molecule has 1 fully saturated rings. The minimum absolute atomic E-state index is 0.0999. The smallest absolute Gasteiger partial charge is 0.296 e. The van der Waals surface area contributed by atoms with E-state index in [1.54, 1.807) is 18.2 Å². The van der Waals surface area contributed by atoms with Gasteiger partial charge in [-0.1, -0.05) is 66.7 Å². The Balaban J connectivity index is 1.37. The van der Waals surface area contributed by atoms with Crippen molar-refractivity contribution in [2.45, 2.75) is 47.8 Å². The molecule has 0 saturated heterocycles.